The molecule has 2 unspecified atom stereocenters. The van der Waals surface area contributed by atoms with Crippen molar-refractivity contribution in [2.75, 3.05) is 6.54 Å². The van der Waals surface area contributed by atoms with Crippen LogP contribution in [0.4, 0.5) is 0 Å². The summed E-state index contributed by atoms with van der Waals surface area (Å²) in [5.74, 6) is 1.94. The Labute approximate surface area is 137 Å². The molecule has 0 aromatic heterocycles. The number of rotatable bonds is 6. The molecule has 1 aliphatic carbocycles. The molecular weight excluding hydrogens is 326 g/mol. The summed E-state index contributed by atoms with van der Waals surface area (Å²) in [7, 11) is 0. The third kappa shape index (κ3) is 4.72. The van der Waals surface area contributed by atoms with Crippen LogP contribution in [-0.4, -0.2) is 12.6 Å². The summed E-state index contributed by atoms with van der Waals surface area (Å²) >= 11 is 3.60. The van der Waals surface area contributed by atoms with Crippen LogP contribution in [0, 0.1) is 12.8 Å². The Bertz CT molecular complexity index is 461. The van der Waals surface area contributed by atoms with Gasteiger partial charge in [-0.25, -0.2) is 0 Å². The third-order valence-corrected chi connectivity index (χ3v) is 4.94. The zero-order valence-electron chi connectivity index (χ0n) is 13.5. The number of halogens is 1. The number of benzene rings is 1. The molecule has 21 heavy (non-hydrogen) atoms. The number of aryl methyl sites for hydroxylation is 1. The Morgan fingerprint density at radius 3 is 2.81 bits per heavy atom. The van der Waals surface area contributed by atoms with Gasteiger partial charge in [0.1, 0.15) is 5.75 Å². The molecule has 2 atom stereocenters. The van der Waals surface area contributed by atoms with Gasteiger partial charge in [0.2, 0.25) is 0 Å². The van der Waals surface area contributed by atoms with Crippen LogP contribution in [0.5, 0.6) is 5.75 Å². The summed E-state index contributed by atoms with van der Waals surface area (Å²) in [5.41, 5.74) is 2.50. The first-order valence-corrected chi connectivity index (χ1v) is 9.09. The highest BCUT2D eigenvalue weighted by Gasteiger charge is 2.23. The smallest absolute Gasteiger partial charge is 0.127 e. The van der Waals surface area contributed by atoms with Crippen molar-refractivity contribution < 1.29 is 4.74 Å². The molecule has 0 radical (unpaired) electrons. The zero-order valence-corrected chi connectivity index (χ0v) is 15.1. The topological polar surface area (TPSA) is 21.3 Å². The van der Waals surface area contributed by atoms with Gasteiger partial charge >= 0.3 is 0 Å². The van der Waals surface area contributed by atoms with Gasteiger partial charge in [-0.2, -0.15) is 0 Å². The molecule has 0 aliphatic heterocycles. The van der Waals surface area contributed by atoms with Crippen molar-refractivity contribution in [2.45, 2.75) is 65.5 Å². The predicted octanol–water partition coefficient (Wildman–Crippen LogP) is 5.21. The van der Waals surface area contributed by atoms with Crippen LogP contribution in [0.15, 0.2) is 16.6 Å². The first-order chi connectivity index (χ1) is 10.1. The van der Waals surface area contributed by atoms with Crippen molar-refractivity contribution in [3.05, 3.63) is 27.7 Å². The lowest BCUT2D eigenvalue weighted by Gasteiger charge is -2.30. The molecule has 2 nitrogen and oxygen atoms in total. The molecule has 3 heteroatoms. The van der Waals surface area contributed by atoms with Gasteiger partial charge in [-0.05, 0) is 56.3 Å². The molecule has 0 amide bonds. The molecule has 118 valence electrons. The van der Waals surface area contributed by atoms with E-state index in [-0.39, 0.29) is 0 Å². The predicted molar refractivity (Wildman–Crippen MR) is 92.9 cm³/mol. The summed E-state index contributed by atoms with van der Waals surface area (Å²) in [6.07, 6.45) is 6.77. The monoisotopic (exact) mass is 353 g/mol. The molecular formula is C18H28BrNO. The van der Waals surface area contributed by atoms with Gasteiger partial charge in [-0.1, -0.05) is 42.6 Å². The van der Waals surface area contributed by atoms with Crippen molar-refractivity contribution in [3.8, 4) is 5.75 Å². The minimum atomic E-state index is 0.393. The van der Waals surface area contributed by atoms with Crippen molar-refractivity contribution in [3.63, 3.8) is 0 Å². The highest BCUT2D eigenvalue weighted by molar-refractivity contribution is 9.10. The highest BCUT2D eigenvalue weighted by atomic mass is 79.9. The minimum Gasteiger partial charge on any atom is -0.490 e. The van der Waals surface area contributed by atoms with Crippen LogP contribution in [0.1, 0.15) is 57.1 Å². The summed E-state index contributed by atoms with van der Waals surface area (Å²) in [5, 5.41) is 3.42. The molecule has 0 heterocycles. The van der Waals surface area contributed by atoms with Gasteiger partial charge in [0.05, 0.1) is 6.10 Å². The van der Waals surface area contributed by atoms with E-state index in [9.17, 15) is 0 Å². The van der Waals surface area contributed by atoms with Crippen molar-refractivity contribution in [1.82, 2.24) is 5.32 Å². The molecule has 1 aliphatic rings. The fraction of sp³-hybridized carbons (Fsp3) is 0.667. The molecule has 2 rings (SSSR count). The van der Waals surface area contributed by atoms with E-state index in [2.05, 4.69) is 54.2 Å². The van der Waals surface area contributed by atoms with Crippen molar-refractivity contribution >= 4 is 15.9 Å². The summed E-state index contributed by atoms with van der Waals surface area (Å²) in [4.78, 5) is 0. The van der Waals surface area contributed by atoms with Gasteiger partial charge in [-0.3, -0.25) is 0 Å². The summed E-state index contributed by atoms with van der Waals surface area (Å²) < 4.78 is 7.58. The average Bonchev–Trinajstić information content (AvgIpc) is 2.48. The molecule has 0 bridgehead atoms. The van der Waals surface area contributed by atoms with E-state index in [1.54, 1.807) is 0 Å². The minimum absolute atomic E-state index is 0.393. The standard InChI is InChI=1S/C18H28BrNO/c1-4-14-7-6-8-17(10-14)21-18-13(3)9-16(19)11-15(18)12-20-5-2/h9,11,14,17,20H,4-8,10,12H2,1-3H3. The van der Waals surface area contributed by atoms with Crippen LogP contribution in [-0.2, 0) is 6.54 Å². The van der Waals surface area contributed by atoms with E-state index in [4.69, 9.17) is 4.74 Å². The second kappa shape index (κ2) is 8.19. The summed E-state index contributed by atoms with van der Waals surface area (Å²) in [6.45, 7) is 8.44. The van der Waals surface area contributed by atoms with Crippen LogP contribution >= 0.6 is 15.9 Å². The van der Waals surface area contributed by atoms with Crippen LogP contribution in [0.2, 0.25) is 0 Å². The van der Waals surface area contributed by atoms with E-state index in [0.29, 0.717) is 6.10 Å². The van der Waals surface area contributed by atoms with E-state index >= 15 is 0 Å². The number of ether oxygens (including phenoxy) is 1. The Balaban J connectivity index is 2.13. The quantitative estimate of drug-likeness (QED) is 0.757. The zero-order chi connectivity index (χ0) is 15.2. The van der Waals surface area contributed by atoms with E-state index < -0.39 is 0 Å². The maximum atomic E-state index is 6.44. The van der Waals surface area contributed by atoms with E-state index in [1.807, 2.05) is 0 Å². The second-order valence-electron chi connectivity index (χ2n) is 6.17. The number of nitrogens with one attached hydrogen (secondary N) is 1. The Morgan fingerprint density at radius 1 is 1.29 bits per heavy atom. The Hall–Kier alpha value is -0.540. The van der Waals surface area contributed by atoms with Gasteiger partial charge in [0, 0.05) is 16.6 Å². The normalized spacial score (nSPS) is 22.3. The molecule has 1 fully saturated rings. The average molecular weight is 354 g/mol. The molecule has 1 aromatic rings. The lowest BCUT2D eigenvalue weighted by atomic mass is 9.85. The largest absolute Gasteiger partial charge is 0.490 e. The maximum Gasteiger partial charge on any atom is 0.127 e. The SMILES string of the molecule is CCNCc1cc(Br)cc(C)c1OC1CCCC(CC)C1. The van der Waals surface area contributed by atoms with Gasteiger partial charge < -0.3 is 10.1 Å². The van der Waals surface area contributed by atoms with Crippen LogP contribution in [0.3, 0.4) is 0 Å². The number of hydrogen-bond acceptors (Lipinski definition) is 2. The third-order valence-electron chi connectivity index (χ3n) is 4.48. The molecule has 0 saturated heterocycles. The van der Waals surface area contributed by atoms with Crippen molar-refractivity contribution in [2.24, 2.45) is 5.92 Å². The fourth-order valence-corrected chi connectivity index (χ4v) is 3.86. The van der Waals surface area contributed by atoms with Gasteiger partial charge in [0.25, 0.3) is 0 Å². The van der Waals surface area contributed by atoms with Crippen LogP contribution < -0.4 is 10.1 Å². The highest BCUT2D eigenvalue weighted by Crippen LogP contribution is 2.34. The lowest BCUT2D eigenvalue weighted by Crippen LogP contribution is -2.26. The van der Waals surface area contributed by atoms with Gasteiger partial charge in [-0.15, -0.1) is 0 Å². The first kappa shape index (κ1) is 16.8. The van der Waals surface area contributed by atoms with Crippen molar-refractivity contribution in [1.29, 1.82) is 0 Å². The molecule has 1 N–H and O–H groups in total. The van der Waals surface area contributed by atoms with E-state index in [1.165, 1.54) is 43.2 Å². The van der Waals surface area contributed by atoms with Crippen LogP contribution in [0.25, 0.3) is 0 Å². The Morgan fingerprint density at radius 2 is 2.10 bits per heavy atom. The molecule has 1 saturated carbocycles. The van der Waals surface area contributed by atoms with E-state index in [0.717, 1.165) is 29.2 Å². The fourth-order valence-electron chi connectivity index (χ4n) is 3.25. The van der Waals surface area contributed by atoms with Gasteiger partial charge in [0.15, 0.2) is 0 Å². The maximum absolute atomic E-state index is 6.44. The lowest BCUT2D eigenvalue weighted by molar-refractivity contribution is 0.120. The second-order valence-corrected chi connectivity index (χ2v) is 7.09. The summed E-state index contributed by atoms with van der Waals surface area (Å²) in [6, 6.07) is 4.34. The Kier molecular flexibility index (Phi) is 6.56. The molecule has 1 aromatic carbocycles. The molecule has 0 spiro atoms. The number of hydrogen-bond donors (Lipinski definition) is 1. The first-order valence-electron chi connectivity index (χ1n) is 8.30.